The molecule has 0 radical (unpaired) electrons. The summed E-state index contributed by atoms with van der Waals surface area (Å²) >= 11 is 13.3. The van der Waals surface area contributed by atoms with Gasteiger partial charge in [0.1, 0.15) is 0 Å². The quantitative estimate of drug-likeness (QED) is 0.401. The Morgan fingerprint density at radius 2 is 1.91 bits per heavy atom. The van der Waals surface area contributed by atoms with Gasteiger partial charge in [0.15, 0.2) is 0 Å². The molecule has 0 heterocycles. The largest absolute Gasteiger partial charge is 0.466 e. The summed E-state index contributed by atoms with van der Waals surface area (Å²) in [7, 11) is 0. The van der Waals surface area contributed by atoms with Gasteiger partial charge in [-0.3, -0.25) is 10.2 Å². The number of esters is 1. The number of thioether (sulfide) groups is 1. The van der Waals surface area contributed by atoms with E-state index in [0.717, 1.165) is 0 Å². The average Bonchev–Trinajstić information content (AvgIpc) is 2.49. The van der Waals surface area contributed by atoms with Crippen molar-refractivity contribution in [1.29, 1.82) is 5.41 Å². The molecule has 3 nitrogen and oxygen atoms in total. The minimum atomic E-state index is -0.245. The van der Waals surface area contributed by atoms with Crippen molar-refractivity contribution < 1.29 is 9.53 Å². The first-order chi connectivity index (χ1) is 10.5. The highest BCUT2D eigenvalue weighted by Crippen LogP contribution is 2.25. The lowest BCUT2D eigenvalue weighted by atomic mass is 10.2. The Kier molecular flexibility index (Phi) is 12.0. The smallest absolute Gasteiger partial charge is 0.306 e. The van der Waals surface area contributed by atoms with Gasteiger partial charge in [-0.15, -0.1) is 11.8 Å². The number of ether oxygens (including phenoxy) is 1. The molecule has 0 saturated heterocycles. The molecular formula is C16H21Cl2NO2S. The number of hydrogen-bond acceptors (Lipinski definition) is 4. The van der Waals surface area contributed by atoms with Crippen LogP contribution < -0.4 is 0 Å². The molecule has 0 fully saturated rings. The molecular weight excluding hydrogens is 341 g/mol. The van der Waals surface area contributed by atoms with Crippen LogP contribution in [-0.4, -0.2) is 23.4 Å². The fraction of sp³-hybridized carbons (Fsp3) is 0.375. The number of hydrogen-bond donors (Lipinski definition) is 1. The highest BCUT2D eigenvalue weighted by atomic mass is 35.5. The summed E-state index contributed by atoms with van der Waals surface area (Å²) in [6.45, 7) is 6.15. The predicted molar refractivity (Wildman–Crippen MR) is 98.3 cm³/mol. The molecule has 1 aromatic rings. The van der Waals surface area contributed by atoms with Crippen molar-refractivity contribution >= 4 is 52.1 Å². The third-order valence-corrected chi connectivity index (χ3v) is 3.78. The fourth-order valence-corrected chi connectivity index (χ4v) is 2.53. The first kappa shape index (κ1) is 21.0. The van der Waals surface area contributed by atoms with Crippen molar-refractivity contribution in [3.8, 4) is 0 Å². The van der Waals surface area contributed by atoms with Gasteiger partial charge in [-0.25, -0.2) is 0 Å². The molecule has 0 bridgehead atoms. The summed E-state index contributed by atoms with van der Waals surface area (Å²) in [4.78, 5) is 11.1. The monoisotopic (exact) mass is 361 g/mol. The van der Waals surface area contributed by atoms with Gasteiger partial charge in [0.25, 0.3) is 0 Å². The van der Waals surface area contributed by atoms with E-state index >= 15 is 0 Å². The summed E-state index contributed by atoms with van der Waals surface area (Å²) in [6.07, 6.45) is 3.61. The van der Waals surface area contributed by atoms with Crippen LogP contribution in [0.4, 0.5) is 0 Å². The summed E-state index contributed by atoms with van der Waals surface area (Å²) in [5, 5.41) is 9.18. The standard InChI is InChI=1S/C14H15Cl2NO2S.C2H6/c1-2-19-14(18)8-9-20-13(17)7-6-10-11(15)4-3-5-12(10)16;1-2/h3-7,17H,2,8-9H2,1H3;1-2H3/b7-6+,17-13?;. The maximum atomic E-state index is 11.1. The second kappa shape index (κ2) is 12.6. The Labute approximate surface area is 146 Å². The van der Waals surface area contributed by atoms with E-state index in [-0.39, 0.29) is 5.97 Å². The zero-order valence-electron chi connectivity index (χ0n) is 13.0. The highest BCUT2D eigenvalue weighted by molar-refractivity contribution is 8.14. The molecule has 0 unspecified atom stereocenters. The topological polar surface area (TPSA) is 50.2 Å². The van der Waals surface area contributed by atoms with E-state index in [9.17, 15) is 4.79 Å². The van der Waals surface area contributed by atoms with Gasteiger partial charge in [-0.05, 0) is 31.2 Å². The SMILES string of the molecule is CC.CCOC(=O)CCSC(=N)/C=C/c1c(Cl)cccc1Cl. The Balaban J connectivity index is 0.00000211. The Morgan fingerprint density at radius 3 is 2.45 bits per heavy atom. The van der Waals surface area contributed by atoms with Gasteiger partial charge in [0, 0.05) is 21.4 Å². The molecule has 0 aliphatic heterocycles. The maximum Gasteiger partial charge on any atom is 0.306 e. The highest BCUT2D eigenvalue weighted by Gasteiger charge is 2.04. The van der Waals surface area contributed by atoms with Crippen molar-refractivity contribution in [3.63, 3.8) is 0 Å². The van der Waals surface area contributed by atoms with Gasteiger partial charge in [-0.2, -0.15) is 0 Å². The Hall–Kier alpha value is -0.970. The molecule has 0 atom stereocenters. The van der Waals surface area contributed by atoms with Gasteiger partial charge in [-0.1, -0.05) is 43.1 Å². The van der Waals surface area contributed by atoms with Crippen molar-refractivity contribution in [2.75, 3.05) is 12.4 Å². The normalized spacial score (nSPS) is 10.0. The van der Waals surface area contributed by atoms with E-state index in [1.807, 2.05) is 13.8 Å². The Bertz CT molecular complexity index is 499. The summed E-state index contributed by atoms with van der Waals surface area (Å²) < 4.78 is 4.81. The van der Waals surface area contributed by atoms with Crippen LogP contribution in [0.2, 0.25) is 10.0 Å². The average molecular weight is 362 g/mol. The lowest BCUT2D eigenvalue weighted by Crippen LogP contribution is -2.05. The molecule has 0 aliphatic rings. The van der Waals surface area contributed by atoms with Crippen molar-refractivity contribution in [1.82, 2.24) is 0 Å². The molecule has 1 aromatic carbocycles. The summed E-state index contributed by atoms with van der Waals surface area (Å²) in [5.74, 6) is 0.268. The summed E-state index contributed by atoms with van der Waals surface area (Å²) in [6, 6.07) is 5.25. The molecule has 122 valence electrons. The first-order valence-electron chi connectivity index (χ1n) is 7.03. The minimum absolute atomic E-state index is 0.245. The maximum absolute atomic E-state index is 11.1. The zero-order chi connectivity index (χ0) is 17.0. The molecule has 0 saturated carbocycles. The van der Waals surface area contributed by atoms with Crippen LogP contribution in [0, 0.1) is 5.41 Å². The van der Waals surface area contributed by atoms with E-state index < -0.39 is 0 Å². The van der Waals surface area contributed by atoms with Crippen LogP contribution in [0.5, 0.6) is 0 Å². The number of carbonyl (C=O) groups excluding carboxylic acids is 1. The molecule has 1 rings (SSSR count). The van der Waals surface area contributed by atoms with Crippen LogP contribution >= 0.6 is 35.0 Å². The van der Waals surface area contributed by atoms with Crippen molar-refractivity contribution in [2.45, 2.75) is 27.2 Å². The zero-order valence-corrected chi connectivity index (χ0v) is 15.3. The first-order valence-corrected chi connectivity index (χ1v) is 8.77. The van der Waals surface area contributed by atoms with Crippen molar-refractivity contribution in [3.05, 3.63) is 39.9 Å². The third-order valence-electron chi connectivity index (χ3n) is 2.27. The molecule has 0 spiro atoms. The van der Waals surface area contributed by atoms with E-state index in [1.165, 1.54) is 11.8 Å². The molecule has 6 heteroatoms. The van der Waals surface area contributed by atoms with E-state index in [2.05, 4.69) is 0 Å². The van der Waals surface area contributed by atoms with Crippen molar-refractivity contribution in [2.24, 2.45) is 0 Å². The van der Waals surface area contributed by atoms with Gasteiger partial charge in [0.2, 0.25) is 0 Å². The second-order valence-electron chi connectivity index (χ2n) is 3.74. The third kappa shape index (κ3) is 8.47. The lowest BCUT2D eigenvalue weighted by Gasteiger charge is -2.02. The summed E-state index contributed by atoms with van der Waals surface area (Å²) in [5.41, 5.74) is 0.687. The van der Waals surface area contributed by atoms with Crippen LogP contribution in [0.15, 0.2) is 24.3 Å². The minimum Gasteiger partial charge on any atom is -0.466 e. The van der Waals surface area contributed by atoms with Crippen LogP contribution in [0.1, 0.15) is 32.8 Å². The van der Waals surface area contributed by atoms with Crippen LogP contribution in [-0.2, 0) is 9.53 Å². The van der Waals surface area contributed by atoms with E-state index in [4.69, 9.17) is 33.3 Å². The molecule has 0 amide bonds. The molecule has 0 aromatic heterocycles. The number of rotatable bonds is 6. The van der Waals surface area contributed by atoms with Gasteiger partial charge < -0.3 is 4.74 Å². The number of nitrogens with one attached hydrogen (secondary N) is 1. The van der Waals surface area contributed by atoms with E-state index in [1.54, 1.807) is 37.3 Å². The van der Waals surface area contributed by atoms with Gasteiger partial charge >= 0.3 is 5.97 Å². The van der Waals surface area contributed by atoms with Crippen LogP contribution in [0.3, 0.4) is 0 Å². The fourth-order valence-electron chi connectivity index (χ4n) is 1.35. The van der Waals surface area contributed by atoms with E-state index in [0.29, 0.717) is 39.4 Å². The Morgan fingerprint density at radius 1 is 1.32 bits per heavy atom. The number of halogens is 2. The second-order valence-corrected chi connectivity index (χ2v) is 5.69. The number of benzene rings is 1. The van der Waals surface area contributed by atoms with Crippen LogP contribution in [0.25, 0.3) is 6.08 Å². The van der Waals surface area contributed by atoms with Gasteiger partial charge in [0.05, 0.1) is 18.1 Å². The molecule has 0 aliphatic carbocycles. The predicted octanol–water partition coefficient (Wildman–Crippen LogP) is 5.70. The molecule has 22 heavy (non-hydrogen) atoms. The lowest BCUT2D eigenvalue weighted by molar-refractivity contribution is -0.142. The number of carbonyl (C=O) groups is 1. The molecule has 1 N–H and O–H groups in total.